The van der Waals surface area contributed by atoms with Gasteiger partial charge in [-0.25, -0.2) is 0 Å². The largest absolute Gasteiger partial charge is 0.480 e. The van der Waals surface area contributed by atoms with Gasteiger partial charge in [0.05, 0.1) is 0 Å². The number of hydrogen-bond donors (Lipinski definition) is 1. The van der Waals surface area contributed by atoms with E-state index < -0.39 is 5.97 Å². The first-order valence-corrected chi connectivity index (χ1v) is 7.88. The van der Waals surface area contributed by atoms with Gasteiger partial charge in [0, 0.05) is 19.1 Å². The summed E-state index contributed by atoms with van der Waals surface area (Å²) in [4.78, 5) is 16.2. The van der Waals surface area contributed by atoms with Gasteiger partial charge in [-0.3, -0.25) is 9.69 Å². The SMILES string of the molecule is CCN(CC)CCN1C(C(=O)O)CC2CCCCC21. The number of carboxylic acid groups (broad SMARTS) is 1. The van der Waals surface area contributed by atoms with Crippen LogP contribution in [0.4, 0.5) is 0 Å². The van der Waals surface area contributed by atoms with E-state index in [1.807, 2.05) is 0 Å². The van der Waals surface area contributed by atoms with Gasteiger partial charge in [0.25, 0.3) is 0 Å². The molecule has 0 radical (unpaired) electrons. The Morgan fingerprint density at radius 3 is 2.58 bits per heavy atom. The summed E-state index contributed by atoms with van der Waals surface area (Å²) in [5.74, 6) is 0.0144. The molecular weight excluding hydrogens is 240 g/mol. The molecule has 4 heteroatoms. The van der Waals surface area contributed by atoms with Crippen LogP contribution < -0.4 is 0 Å². The highest BCUT2D eigenvalue weighted by Gasteiger charge is 2.44. The van der Waals surface area contributed by atoms with E-state index in [2.05, 4.69) is 23.6 Å². The Hall–Kier alpha value is -0.610. The van der Waals surface area contributed by atoms with Gasteiger partial charge in [-0.2, -0.15) is 0 Å². The van der Waals surface area contributed by atoms with E-state index in [9.17, 15) is 9.90 Å². The molecule has 0 aromatic rings. The maximum atomic E-state index is 11.5. The summed E-state index contributed by atoms with van der Waals surface area (Å²) in [6.07, 6.45) is 5.87. The fraction of sp³-hybridized carbons (Fsp3) is 0.933. The summed E-state index contributed by atoms with van der Waals surface area (Å²) in [5, 5.41) is 9.46. The summed E-state index contributed by atoms with van der Waals surface area (Å²) in [7, 11) is 0. The number of fused-ring (bicyclic) bond motifs is 1. The molecule has 1 saturated carbocycles. The van der Waals surface area contributed by atoms with Gasteiger partial charge in [0.1, 0.15) is 6.04 Å². The smallest absolute Gasteiger partial charge is 0.320 e. The van der Waals surface area contributed by atoms with Gasteiger partial charge in [-0.1, -0.05) is 26.7 Å². The van der Waals surface area contributed by atoms with Crippen LogP contribution in [0.2, 0.25) is 0 Å². The van der Waals surface area contributed by atoms with Crippen molar-refractivity contribution in [3.8, 4) is 0 Å². The number of nitrogens with zero attached hydrogens (tertiary/aromatic N) is 2. The summed E-state index contributed by atoms with van der Waals surface area (Å²) in [6.45, 7) is 8.36. The second kappa shape index (κ2) is 6.71. The van der Waals surface area contributed by atoms with Gasteiger partial charge >= 0.3 is 5.97 Å². The van der Waals surface area contributed by atoms with E-state index >= 15 is 0 Å². The van der Waals surface area contributed by atoms with E-state index in [0.717, 1.165) is 32.6 Å². The van der Waals surface area contributed by atoms with Gasteiger partial charge in [0.15, 0.2) is 0 Å². The zero-order chi connectivity index (χ0) is 13.8. The van der Waals surface area contributed by atoms with Gasteiger partial charge < -0.3 is 10.0 Å². The van der Waals surface area contributed by atoms with Crippen LogP contribution in [0.5, 0.6) is 0 Å². The predicted octanol–water partition coefficient (Wildman–Crippen LogP) is 2.05. The van der Waals surface area contributed by atoms with Gasteiger partial charge in [-0.15, -0.1) is 0 Å². The van der Waals surface area contributed by atoms with Crippen molar-refractivity contribution in [3.63, 3.8) is 0 Å². The summed E-state index contributed by atoms with van der Waals surface area (Å²) >= 11 is 0. The molecule has 0 spiro atoms. The quantitative estimate of drug-likeness (QED) is 0.800. The van der Waals surface area contributed by atoms with Crippen LogP contribution in [0.25, 0.3) is 0 Å². The molecular formula is C15H28N2O2. The lowest BCUT2D eigenvalue weighted by atomic mass is 9.85. The maximum absolute atomic E-state index is 11.5. The topological polar surface area (TPSA) is 43.8 Å². The Balaban J connectivity index is 1.99. The van der Waals surface area contributed by atoms with Crippen molar-refractivity contribution in [3.05, 3.63) is 0 Å². The Labute approximate surface area is 116 Å². The number of likely N-dealkylation sites (N-methyl/N-ethyl adjacent to an activating group) is 1. The molecule has 110 valence electrons. The normalized spacial score (nSPS) is 31.6. The van der Waals surface area contributed by atoms with E-state index in [4.69, 9.17) is 0 Å². The Morgan fingerprint density at radius 2 is 1.95 bits per heavy atom. The molecule has 0 amide bonds. The van der Waals surface area contributed by atoms with Crippen molar-refractivity contribution < 1.29 is 9.90 Å². The number of carbonyl (C=O) groups is 1. The van der Waals surface area contributed by atoms with Crippen molar-refractivity contribution in [2.24, 2.45) is 5.92 Å². The standard InChI is InChI=1S/C15H28N2O2/c1-3-16(4-2)9-10-17-13-8-6-5-7-12(13)11-14(17)15(18)19/h12-14H,3-11H2,1-2H3,(H,18,19). The lowest BCUT2D eigenvalue weighted by Crippen LogP contribution is -2.46. The van der Waals surface area contributed by atoms with Gasteiger partial charge in [0.2, 0.25) is 0 Å². The second-order valence-electron chi connectivity index (χ2n) is 5.97. The van der Waals surface area contributed by atoms with Crippen molar-refractivity contribution in [2.75, 3.05) is 26.2 Å². The van der Waals surface area contributed by atoms with E-state index in [1.54, 1.807) is 0 Å². The minimum atomic E-state index is -0.617. The molecule has 3 atom stereocenters. The zero-order valence-corrected chi connectivity index (χ0v) is 12.3. The summed E-state index contributed by atoms with van der Waals surface area (Å²) < 4.78 is 0. The number of rotatable bonds is 6. The van der Waals surface area contributed by atoms with Crippen molar-refractivity contribution in [1.82, 2.24) is 9.80 Å². The first-order valence-electron chi connectivity index (χ1n) is 7.88. The molecule has 0 aromatic carbocycles. The summed E-state index contributed by atoms with van der Waals surface area (Å²) in [5.41, 5.74) is 0. The Kier molecular flexibility index (Phi) is 5.22. The molecule has 1 N–H and O–H groups in total. The van der Waals surface area contributed by atoms with Crippen molar-refractivity contribution >= 4 is 5.97 Å². The molecule has 1 aliphatic heterocycles. The first-order chi connectivity index (χ1) is 9.17. The molecule has 2 fully saturated rings. The predicted molar refractivity (Wildman–Crippen MR) is 76.3 cm³/mol. The maximum Gasteiger partial charge on any atom is 0.320 e. The van der Waals surface area contributed by atoms with E-state index in [0.29, 0.717) is 12.0 Å². The van der Waals surface area contributed by atoms with Crippen molar-refractivity contribution in [2.45, 2.75) is 58.0 Å². The number of hydrogen-bond acceptors (Lipinski definition) is 3. The fourth-order valence-corrected chi connectivity index (χ4v) is 3.91. The van der Waals surface area contributed by atoms with Crippen LogP contribution in [-0.2, 0) is 4.79 Å². The van der Waals surface area contributed by atoms with Crippen LogP contribution in [-0.4, -0.2) is 59.1 Å². The monoisotopic (exact) mass is 268 g/mol. The van der Waals surface area contributed by atoms with E-state index in [-0.39, 0.29) is 6.04 Å². The highest BCUT2D eigenvalue weighted by molar-refractivity contribution is 5.74. The second-order valence-corrected chi connectivity index (χ2v) is 5.97. The minimum absolute atomic E-state index is 0.233. The third-order valence-corrected chi connectivity index (χ3v) is 5.08. The molecule has 0 bridgehead atoms. The summed E-state index contributed by atoms with van der Waals surface area (Å²) in [6, 6.07) is 0.300. The van der Waals surface area contributed by atoms with Gasteiger partial charge in [-0.05, 0) is 38.3 Å². The molecule has 19 heavy (non-hydrogen) atoms. The molecule has 1 heterocycles. The average molecular weight is 268 g/mol. The lowest BCUT2D eigenvalue weighted by molar-refractivity contribution is -0.142. The molecule has 1 saturated heterocycles. The third kappa shape index (κ3) is 3.29. The Morgan fingerprint density at radius 1 is 1.26 bits per heavy atom. The number of carboxylic acids is 1. The fourth-order valence-electron chi connectivity index (χ4n) is 3.91. The lowest BCUT2D eigenvalue weighted by Gasteiger charge is -2.34. The number of likely N-dealkylation sites (tertiary alicyclic amines) is 1. The molecule has 2 aliphatic rings. The third-order valence-electron chi connectivity index (χ3n) is 5.08. The first kappa shape index (κ1) is 14.8. The van der Waals surface area contributed by atoms with Crippen LogP contribution in [0.3, 0.4) is 0 Å². The zero-order valence-electron chi connectivity index (χ0n) is 12.3. The minimum Gasteiger partial charge on any atom is -0.480 e. The highest BCUT2D eigenvalue weighted by Crippen LogP contribution is 2.39. The molecule has 2 rings (SSSR count). The molecule has 3 unspecified atom stereocenters. The van der Waals surface area contributed by atoms with Crippen LogP contribution in [0, 0.1) is 5.92 Å². The average Bonchev–Trinajstić information content (AvgIpc) is 2.79. The van der Waals surface area contributed by atoms with E-state index in [1.165, 1.54) is 25.7 Å². The van der Waals surface area contributed by atoms with Crippen molar-refractivity contribution in [1.29, 1.82) is 0 Å². The van der Waals surface area contributed by atoms with Crippen LogP contribution in [0.1, 0.15) is 46.0 Å². The van der Waals surface area contributed by atoms with Crippen LogP contribution in [0.15, 0.2) is 0 Å². The molecule has 4 nitrogen and oxygen atoms in total. The highest BCUT2D eigenvalue weighted by atomic mass is 16.4. The Bertz CT molecular complexity index is 305. The molecule has 0 aromatic heterocycles. The number of aliphatic carboxylic acids is 1. The molecule has 1 aliphatic carbocycles. The van der Waals surface area contributed by atoms with Crippen LogP contribution >= 0.6 is 0 Å².